The fraction of sp³-hybridized carbons (Fsp3) is 0.0476. The molecule has 2 aromatic rings. The van der Waals surface area contributed by atoms with E-state index >= 15 is 0 Å². The van der Waals surface area contributed by atoms with Crippen LogP contribution in [0.4, 0.5) is 5.69 Å². The molecule has 0 bridgehead atoms. The van der Waals surface area contributed by atoms with Crippen molar-refractivity contribution >= 4 is 29.5 Å². The molecule has 3 rings (SSSR count). The van der Waals surface area contributed by atoms with E-state index in [-0.39, 0.29) is 16.8 Å². The van der Waals surface area contributed by atoms with Gasteiger partial charge in [-0.05, 0) is 23.8 Å². The molecule has 3 amide bonds. The summed E-state index contributed by atoms with van der Waals surface area (Å²) in [5.74, 6) is -1.87. The number of anilines is 1. The maximum Gasteiger partial charge on any atom is 0.278 e. The third kappa shape index (κ3) is 3.53. The molecule has 6 heteroatoms. The summed E-state index contributed by atoms with van der Waals surface area (Å²) >= 11 is 0. The van der Waals surface area contributed by atoms with Crippen molar-refractivity contribution < 1.29 is 14.4 Å². The molecule has 0 saturated carbocycles. The van der Waals surface area contributed by atoms with Gasteiger partial charge in [0.05, 0.1) is 17.0 Å². The number of hydrogen-bond donors (Lipinski definition) is 1. The number of nitrogens with one attached hydrogen (secondary N) is 1. The van der Waals surface area contributed by atoms with E-state index < -0.39 is 17.7 Å². The Hall–Kier alpha value is -3.98. The zero-order chi connectivity index (χ0) is 19.4. The third-order valence-electron chi connectivity index (χ3n) is 3.91. The Morgan fingerprint density at radius 2 is 1.59 bits per heavy atom. The van der Waals surface area contributed by atoms with E-state index in [0.29, 0.717) is 11.3 Å². The number of para-hydroxylation sites is 1. The molecule has 1 aliphatic rings. The molecular formula is C21H15N3O3. The third-order valence-corrected chi connectivity index (χ3v) is 3.91. The first-order chi connectivity index (χ1) is 13.0. The maximum absolute atomic E-state index is 13.1. The number of nitriles is 1. The van der Waals surface area contributed by atoms with E-state index in [1.165, 1.54) is 6.92 Å². The van der Waals surface area contributed by atoms with Crippen molar-refractivity contribution in [1.82, 2.24) is 5.32 Å². The van der Waals surface area contributed by atoms with Crippen LogP contribution in [-0.4, -0.2) is 17.7 Å². The lowest BCUT2D eigenvalue weighted by Crippen LogP contribution is -2.46. The molecule has 0 fully saturated rings. The first-order valence-corrected chi connectivity index (χ1v) is 8.16. The highest BCUT2D eigenvalue weighted by atomic mass is 16.2. The largest absolute Gasteiger partial charge is 0.324 e. The minimum atomic E-state index is -0.775. The summed E-state index contributed by atoms with van der Waals surface area (Å²) in [7, 11) is 0. The molecular weight excluding hydrogens is 342 g/mol. The predicted molar refractivity (Wildman–Crippen MR) is 99.8 cm³/mol. The number of amides is 3. The minimum Gasteiger partial charge on any atom is -0.324 e. The van der Waals surface area contributed by atoms with Crippen molar-refractivity contribution in [3.05, 3.63) is 83.1 Å². The van der Waals surface area contributed by atoms with Crippen molar-refractivity contribution in [3.63, 3.8) is 0 Å². The van der Waals surface area contributed by atoms with Gasteiger partial charge in [-0.2, -0.15) is 5.26 Å². The average Bonchev–Trinajstić information content (AvgIpc) is 2.66. The van der Waals surface area contributed by atoms with Crippen LogP contribution < -0.4 is 10.2 Å². The van der Waals surface area contributed by atoms with Gasteiger partial charge in [0, 0.05) is 6.92 Å². The molecule has 0 spiro atoms. The highest BCUT2D eigenvalue weighted by Crippen LogP contribution is 2.29. The predicted octanol–water partition coefficient (Wildman–Crippen LogP) is 2.56. The second kappa shape index (κ2) is 7.50. The number of hydrogen-bond acceptors (Lipinski definition) is 4. The lowest BCUT2D eigenvalue weighted by atomic mass is 9.97. The molecule has 0 aromatic heterocycles. The topological polar surface area (TPSA) is 90.3 Å². The maximum atomic E-state index is 13.1. The molecule has 1 heterocycles. The molecule has 6 nitrogen and oxygen atoms in total. The molecule has 0 aliphatic carbocycles. The summed E-state index contributed by atoms with van der Waals surface area (Å²) in [6.45, 7) is 1.25. The first-order valence-electron chi connectivity index (χ1n) is 8.16. The highest BCUT2D eigenvalue weighted by molar-refractivity contribution is 6.32. The van der Waals surface area contributed by atoms with Crippen molar-refractivity contribution in [2.24, 2.45) is 0 Å². The second-order valence-electron chi connectivity index (χ2n) is 5.79. The van der Waals surface area contributed by atoms with E-state index in [2.05, 4.69) is 5.32 Å². The summed E-state index contributed by atoms with van der Waals surface area (Å²) in [6, 6.07) is 19.2. The van der Waals surface area contributed by atoms with Gasteiger partial charge >= 0.3 is 0 Å². The normalized spacial score (nSPS) is 15.7. The molecule has 0 atom stereocenters. The Bertz CT molecular complexity index is 1020. The van der Waals surface area contributed by atoms with E-state index in [9.17, 15) is 19.6 Å². The van der Waals surface area contributed by atoms with Crippen LogP contribution in [0.2, 0.25) is 0 Å². The smallest absolute Gasteiger partial charge is 0.278 e. The minimum absolute atomic E-state index is 0.0661. The van der Waals surface area contributed by atoms with Crippen LogP contribution in [0.3, 0.4) is 0 Å². The Labute approximate surface area is 156 Å². The zero-order valence-corrected chi connectivity index (χ0v) is 14.5. The Balaban J connectivity index is 2.23. The Morgan fingerprint density at radius 1 is 1.00 bits per heavy atom. The van der Waals surface area contributed by atoms with Crippen molar-refractivity contribution in [2.45, 2.75) is 6.92 Å². The Morgan fingerprint density at radius 3 is 2.15 bits per heavy atom. The van der Waals surface area contributed by atoms with Gasteiger partial charge in [0.1, 0.15) is 11.6 Å². The van der Waals surface area contributed by atoms with Gasteiger partial charge < -0.3 is 5.32 Å². The summed E-state index contributed by atoms with van der Waals surface area (Å²) in [4.78, 5) is 38.5. The van der Waals surface area contributed by atoms with Gasteiger partial charge in [-0.25, -0.2) is 4.90 Å². The van der Waals surface area contributed by atoms with E-state index in [1.54, 1.807) is 60.7 Å². The van der Waals surface area contributed by atoms with Crippen LogP contribution in [0.25, 0.3) is 6.08 Å². The van der Waals surface area contributed by atoms with Crippen LogP contribution in [0, 0.1) is 11.3 Å². The monoisotopic (exact) mass is 357 g/mol. The van der Waals surface area contributed by atoms with E-state index in [0.717, 1.165) is 4.90 Å². The number of nitrogens with zero attached hydrogens (tertiary/aromatic N) is 2. The highest BCUT2D eigenvalue weighted by Gasteiger charge is 2.38. The molecule has 0 saturated heterocycles. The molecule has 132 valence electrons. The molecule has 2 aromatic carbocycles. The molecule has 1 aliphatic heterocycles. The number of carbonyl (C=O) groups excluding carboxylic acids is 3. The van der Waals surface area contributed by atoms with Gasteiger partial charge in [0.15, 0.2) is 0 Å². The number of rotatable bonds is 3. The average molecular weight is 357 g/mol. The van der Waals surface area contributed by atoms with Crippen LogP contribution in [-0.2, 0) is 14.4 Å². The zero-order valence-electron chi connectivity index (χ0n) is 14.5. The standard InChI is InChI=1S/C21H15N3O3/c1-14(25)23-19-17(12-15-8-4-2-5-9-15)20(26)24(21(27)18(19)13-22)16-10-6-3-7-11-16/h2-12H,1H3,(H,23,25)/b17-12+. The van der Waals surface area contributed by atoms with Gasteiger partial charge in [-0.3, -0.25) is 14.4 Å². The molecule has 0 unspecified atom stereocenters. The molecule has 27 heavy (non-hydrogen) atoms. The first kappa shape index (κ1) is 17.8. The summed E-state index contributed by atoms with van der Waals surface area (Å²) < 4.78 is 0. The lowest BCUT2D eigenvalue weighted by molar-refractivity contribution is -0.123. The SMILES string of the molecule is CC(=O)NC1=C(C#N)C(=O)N(c2ccccc2)C(=O)/C1=C/c1ccccc1. The Kier molecular flexibility index (Phi) is 4.95. The van der Waals surface area contributed by atoms with Crippen molar-refractivity contribution in [2.75, 3.05) is 4.90 Å². The summed E-state index contributed by atoms with van der Waals surface area (Å²) in [5, 5.41) is 12.0. The van der Waals surface area contributed by atoms with E-state index in [1.807, 2.05) is 12.1 Å². The molecule has 0 radical (unpaired) electrons. The van der Waals surface area contributed by atoms with Gasteiger partial charge in [0.25, 0.3) is 11.8 Å². The van der Waals surface area contributed by atoms with Crippen molar-refractivity contribution in [1.29, 1.82) is 5.26 Å². The van der Waals surface area contributed by atoms with E-state index in [4.69, 9.17) is 0 Å². The summed E-state index contributed by atoms with van der Waals surface area (Å²) in [5.41, 5.74) is 0.743. The lowest BCUT2D eigenvalue weighted by Gasteiger charge is -2.28. The fourth-order valence-corrected chi connectivity index (χ4v) is 2.74. The van der Waals surface area contributed by atoms with Crippen LogP contribution in [0.1, 0.15) is 12.5 Å². The quantitative estimate of drug-likeness (QED) is 0.675. The number of carbonyl (C=O) groups is 3. The van der Waals surface area contributed by atoms with Crippen LogP contribution in [0.5, 0.6) is 0 Å². The second-order valence-corrected chi connectivity index (χ2v) is 5.79. The number of imide groups is 1. The van der Waals surface area contributed by atoms with Gasteiger partial charge in [-0.15, -0.1) is 0 Å². The van der Waals surface area contributed by atoms with Gasteiger partial charge in [0.2, 0.25) is 5.91 Å². The number of benzene rings is 2. The fourth-order valence-electron chi connectivity index (χ4n) is 2.74. The van der Waals surface area contributed by atoms with Crippen molar-refractivity contribution in [3.8, 4) is 6.07 Å². The van der Waals surface area contributed by atoms with Crippen LogP contribution in [0.15, 0.2) is 77.5 Å². The molecule has 1 N–H and O–H groups in total. The van der Waals surface area contributed by atoms with Crippen LogP contribution >= 0.6 is 0 Å². The summed E-state index contributed by atoms with van der Waals surface area (Å²) in [6.07, 6.45) is 1.55. The van der Waals surface area contributed by atoms with Gasteiger partial charge in [-0.1, -0.05) is 48.5 Å².